The molecule has 53 heavy (non-hydrogen) atoms. The molecule has 0 saturated heterocycles. The van der Waals surface area contributed by atoms with Gasteiger partial charge >= 0.3 is 26.2 Å². The molecule has 0 amide bonds. The maximum atomic E-state index is 5.95. The molecule has 0 aliphatic heterocycles. The van der Waals surface area contributed by atoms with Gasteiger partial charge in [-0.25, -0.2) is 0 Å². The molecule has 2 aromatic heterocycles. The van der Waals surface area contributed by atoms with Crippen molar-refractivity contribution in [2.45, 2.75) is 66.0 Å². The molecule has 0 radical (unpaired) electrons. The summed E-state index contributed by atoms with van der Waals surface area (Å²) in [4.78, 5) is 0. The molecule has 0 atom stereocenters. The molecule has 8 rings (SSSR count). The topological polar surface area (TPSA) is 26.3 Å². The van der Waals surface area contributed by atoms with Crippen LogP contribution in [-0.2, 0) is 39.0 Å². The van der Waals surface area contributed by atoms with Gasteiger partial charge in [-0.3, -0.25) is 0 Å². The third-order valence-electron chi connectivity index (χ3n) is 10.2. The summed E-state index contributed by atoms with van der Waals surface area (Å²) >= 11 is 0. The second-order valence-corrected chi connectivity index (χ2v) is 26.2. The molecule has 0 N–H and O–H groups in total. The maximum absolute atomic E-state index is 5.95. The molecule has 2 nitrogen and oxygen atoms in total. The fraction of sp³-hybridized carbons (Fsp3) is 0.208. The Bertz CT molecular complexity index is 2260. The summed E-state index contributed by atoms with van der Waals surface area (Å²) in [5.41, 5.74) is 7.46. The van der Waals surface area contributed by atoms with Crippen LogP contribution in [0.2, 0.25) is 39.3 Å². The van der Waals surface area contributed by atoms with Crippen LogP contribution in [0.15, 0.2) is 142 Å². The minimum Gasteiger partial charge on any atom is -0.496 e. The Kier molecular flexibility index (Phi) is 11.5. The zero-order valence-corrected chi connectivity index (χ0v) is 36.9. The molecule has 6 aromatic carbocycles. The van der Waals surface area contributed by atoms with Crippen LogP contribution in [0.4, 0.5) is 0 Å². The number of aryl methyl sites for hydroxylation is 2. The van der Waals surface area contributed by atoms with E-state index < -0.39 is 16.1 Å². The van der Waals surface area contributed by atoms with E-state index in [1.165, 1.54) is 54.2 Å². The van der Waals surface area contributed by atoms with Gasteiger partial charge in [-0.2, -0.15) is 0 Å². The number of furan rings is 2. The zero-order chi connectivity index (χ0) is 36.6. The molecule has 0 aliphatic rings. The van der Waals surface area contributed by atoms with Gasteiger partial charge in [-0.15, -0.1) is 57.9 Å². The van der Waals surface area contributed by atoms with Crippen LogP contribution in [0.1, 0.15) is 25.4 Å². The van der Waals surface area contributed by atoms with E-state index in [9.17, 15) is 0 Å². The van der Waals surface area contributed by atoms with Crippen molar-refractivity contribution < 1.29 is 35.0 Å². The fourth-order valence-corrected chi connectivity index (χ4v) is 9.34. The van der Waals surface area contributed by atoms with Crippen LogP contribution in [0.3, 0.4) is 0 Å². The number of rotatable bonds is 8. The molecule has 0 saturated carbocycles. The Labute approximate surface area is 336 Å². The van der Waals surface area contributed by atoms with Crippen molar-refractivity contribution in [3.63, 3.8) is 0 Å². The Morgan fingerprint density at radius 3 is 1.17 bits per heavy atom. The van der Waals surface area contributed by atoms with Crippen LogP contribution in [0.25, 0.3) is 66.4 Å². The van der Waals surface area contributed by atoms with Gasteiger partial charge in [0.2, 0.25) is 0 Å². The third kappa shape index (κ3) is 8.39. The van der Waals surface area contributed by atoms with E-state index in [0.717, 1.165) is 47.0 Å². The Morgan fingerprint density at radius 2 is 0.849 bits per heavy atom. The number of benzene rings is 4. The van der Waals surface area contributed by atoms with Crippen LogP contribution in [0, 0.1) is 0 Å². The monoisotopic (exact) mass is 804 g/mol. The van der Waals surface area contributed by atoms with Crippen LogP contribution in [-0.4, -0.2) is 16.1 Å². The quantitative estimate of drug-likeness (QED) is 0.113. The molecule has 0 unspecified atom stereocenters. The molecule has 0 spiro atoms. The first kappa shape index (κ1) is 38.7. The van der Waals surface area contributed by atoms with Gasteiger partial charge < -0.3 is 8.83 Å². The summed E-state index contributed by atoms with van der Waals surface area (Å²) in [5.74, 6) is 3.98. The number of fused-ring (bicyclic) bond motifs is 2. The second-order valence-electron chi connectivity index (χ2n) is 16.0. The summed E-state index contributed by atoms with van der Waals surface area (Å²) in [6.07, 6.45) is 1.85. The van der Waals surface area contributed by atoms with Gasteiger partial charge in [-0.1, -0.05) is 159 Å². The van der Waals surface area contributed by atoms with Crippen molar-refractivity contribution in [2.75, 3.05) is 0 Å². The van der Waals surface area contributed by atoms with Crippen LogP contribution in [0.5, 0.6) is 0 Å². The van der Waals surface area contributed by atoms with E-state index in [4.69, 9.17) is 8.83 Å². The van der Waals surface area contributed by atoms with Gasteiger partial charge in [0.25, 0.3) is 0 Å². The predicted octanol–water partition coefficient (Wildman–Crippen LogP) is 13.2. The van der Waals surface area contributed by atoms with Crippen molar-refractivity contribution in [3.05, 3.63) is 145 Å². The summed E-state index contributed by atoms with van der Waals surface area (Å²) in [7, 11) is -2.53. The Morgan fingerprint density at radius 1 is 0.472 bits per heavy atom. The number of hydrogen-bond acceptors (Lipinski definition) is 2. The van der Waals surface area contributed by atoms with E-state index in [1.54, 1.807) is 0 Å². The molecular weight excluding hydrogens is 756 g/mol. The summed E-state index contributed by atoms with van der Waals surface area (Å²) in [5, 5.41) is 8.11. The molecule has 5 heteroatoms. The first-order valence-electron chi connectivity index (χ1n) is 18.7. The molecule has 266 valence electrons. The average molecular weight is 806 g/mol. The van der Waals surface area contributed by atoms with E-state index in [0.29, 0.717) is 0 Å². The van der Waals surface area contributed by atoms with Gasteiger partial charge in [0.1, 0.15) is 0 Å². The zero-order valence-electron chi connectivity index (χ0n) is 32.4. The minimum atomic E-state index is -1.26. The first-order valence-corrected chi connectivity index (χ1v) is 25.7. The normalized spacial score (nSPS) is 11.8. The maximum Gasteiger partial charge on any atom is 2.00 e. The van der Waals surface area contributed by atoms with Gasteiger partial charge in [-0.05, 0) is 35.4 Å². The Balaban J connectivity index is 0.000000178. The smallest absolute Gasteiger partial charge is 0.496 e. The standard InChI is InChI=1S/2C24H25OSi.Zr/c2*1-5-20-11-14-24(25-20)19-15-18-7-6-8-22(23(18)16-19)17-9-12-21(13-10-17)26(2,3)4;/h2*6-16H,5H2,1-4H3;/q2*-1;+2. The Hall–Kier alpha value is -4.02. The van der Waals surface area contributed by atoms with Crippen LogP contribution < -0.4 is 10.4 Å². The van der Waals surface area contributed by atoms with Crippen molar-refractivity contribution >= 4 is 48.1 Å². The van der Waals surface area contributed by atoms with Crippen molar-refractivity contribution in [1.29, 1.82) is 0 Å². The van der Waals surface area contributed by atoms with Gasteiger partial charge in [0, 0.05) is 12.8 Å². The van der Waals surface area contributed by atoms with E-state index >= 15 is 0 Å². The molecule has 0 fully saturated rings. The van der Waals surface area contributed by atoms with Gasteiger partial charge in [0.15, 0.2) is 0 Å². The molecule has 8 aromatic rings. The van der Waals surface area contributed by atoms with Crippen molar-refractivity contribution in [3.8, 4) is 44.9 Å². The summed E-state index contributed by atoms with van der Waals surface area (Å²) < 4.78 is 11.9. The second kappa shape index (κ2) is 15.8. The largest absolute Gasteiger partial charge is 2.00 e. The minimum absolute atomic E-state index is 0. The molecule has 0 aliphatic carbocycles. The molecule has 2 heterocycles. The third-order valence-corrected chi connectivity index (χ3v) is 14.3. The van der Waals surface area contributed by atoms with Crippen molar-refractivity contribution in [2.24, 2.45) is 0 Å². The predicted molar refractivity (Wildman–Crippen MR) is 230 cm³/mol. The van der Waals surface area contributed by atoms with Crippen molar-refractivity contribution in [1.82, 2.24) is 0 Å². The molecule has 0 bridgehead atoms. The SMILES string of the molecule is CCc1ccc(-c2cc3c(-c4ccc([Si](C)(C)C)cc4)cccc3[cH-]2)o1.CCc1ccc(-c2cc3c(-c4ccc([Si](C)(C)C)cc4)cccc3[cH-]2)o1.[Zr+2]. The van der Waals surface area contributed by atoms with E-state index in [2.05, 4.69) is 187 Å². The summed E-state index contributed by atoms with van der Waals surface area (Å²) in [6.45, 7) is 18.6. The average Bonchev–Trinajstić information content (AvgIpc) is 3.96. The van der Waals surface area contributed by atoms with E-state index in [-0.39, 0.29) is 26.2 Å². The number of hydrogen-bond donors (Lipinski definition) is 0. The van der Waals surface area contributed by atoms with E-state index in [1.807, 2.05) is 0 Å². The summed E-state index contributed by atoms with van der Waals surface area (Å²) in [6, 6.07) is 48.7. The molecular formula is C48H50O2Si2Zr. The van der Waals surface area contributed by atoms with Gasteiger partial charge in [0.05, 0.1) is 39.2 Å². The fourth-order valence-electron chi connectivity index (χ4n) is 7.00. The van der Waals surface area contributed by atoms with Crippen LogP contribution >= 0.6 is 0 Å². The first-order chi connectivity index (χ1) is 24.9.